The zero-order chi connectivity index (χ0) is 16.3. The molecule has 0 aliphatic rings. The van der Waals surface area contributed by atoms with Crippen LogP contribution in [-0.2, 0) is 6.54 Å². The third-order valence-electron chi connectivity index (χ3n) is 2.75. The first kappa shape index (κ1) is 18.0. The van der Waals surface area contributed by atoms with E-state index in [1.807, 2.05) is 20.8 Å². The largest absolute Gasteiger partial charge is 0.405 e. The number of hydrogen-bond donors (Lipinski definition) is 1. The van der Waals surface area contributed by atoms with Crippen LogP contribution in [-0.4, -0.2) is 29.8 Å². The van der Waals surface area contributed by atoms with E-state index >= 15 is 0 Å². The van der Waals surface area contributed by atoms with Gasteiger partial charge in [0.05, 0.1) is 5.02 Å². The Balaban J connectivity index is 2.86. The van der Waals surface area contributed by atoms with Gasteiger partial charge >= 0.3 is 6.18 Å². The molecule has 1 aromatic heterocycles. The van der Waals surface area contributed by atoms with Crippen LogP contribution in [0.25, 0.3) is 0 Å². The van der Waals surface area contributed by atoms with Crippen molar-refractivity contribution in [2.24, 2.45) is 0 Å². The van der Waals surface area contributed by atoms with E-state index in [0.29, 0.717) is 6.54 Å². The number of nitrogens with zero attached hydrogens (tertiary/aromatic N) is 2. The molecule has 120 valence electrons. The van der Waals surface area contributed by atoms with Gasteiger partial charge in [-0.15, -0.1) is 0 Å². The van der Waals surface area contributed by atoms with Crippen LogP contribution in [0.2, 0.25) is 5.02 Å². The van der Waals surface area contributed by atoms with Crippen LogP contribution in [0, 0.1) is 0 Å². The lowest BCUT2D eigenvalue weighted by Crippen LogP contribution is -2.36. The Labute approximate surface area is 128 Å². The first-order chi connectivity index (χ1) is 9.52. The van der Waals surface area contributed by atoms with Gasteiger partial charge in [0.1, 0.15) is 12.4 Å². The summed E-state index contributed by atoms with van der Waals surface area (Å²) in [6.45, 7) is 7.40. The molecule has 0 spiro atoms. The Hall–Kier alpha value is -1.01. The van der Waals surface area contributed by atoms with Crippen molar-refractivity contribution in [2.45, 2.75) is 46.0 Å². The van der Waals surface area contributed by atoms with E-state index in [9.17, 15) is 13.2 Å². The summed E-state index contributed by atoms with van der Waals surface area (Å²) in [7, 11) is 0. The lowest BCUT2D eigenvalue weighted by atomic mass is 10.1. The van der Waals surface area contributed by atoms with Gasteiger partial charge in [0.25, 0.3) is 0 Å². The highest BCUT2D eigenvalue weighted by molar-refractivity contribution is 6.33. The summed E-state index contributed by atoms with van der Waals surface area (Å²) >= 11 is 6.08. The average molecular weight is 324 g/mol. The fourth-order valence-corrected chi connectivity index (χ4v) is 2.03. The summed E-state index contributed by atoms with van der Waals surface area (Å²) in [4.78, 5) is 5.20. The molecule has 0 amide bonds. The maximum atomic E-state index is 12.5. The molecule has 0 aliphatic heterocycles. The minimum atomic E-state index is -4.28. The first-order valence-electron chi connectivity index (χ1n) is 6.73. The molecular weight excluding hydrogens is 303 g/mol. The van der Waals surface area contributed by atoms with Crippen molar-refractivity contribution in [3.05, 3.63) is 22.8 Å². The van der Waals surface area contributed by atoms with Crippen LogP contribution in [0.5, 0.6) is 0 Å². The molecule has 0 radical (unpaired) electrons. The molecular formula is C14H21ClF3N3. The van der Waals surface area contributed by atoms with Crippen molar-refractivity contribution in [1.29, 1.82) is 0 Å². The number of halogens is 4. The van der Waals surface area contributed by atoms with Gasteiger partial charge in [-0.2, -0.15) is 13.2 Å². The molecule has 0 aliphatic carbocycles. The molecule has 0 fully saturated rings. The second kappa shape index (κ2) is 6.83. The van der Waals surface area contributed by atoms with Gasteiger partial charge < -0.3 is 10.2 Å². The van der Waals surface area contributed by atoms with Crippen molar-refractivity contribution in [1.82, 2.24) is 10.3 Å². The van der Waals surface area contributed by atoms with Crippen LogP contribution in [0.4, 0.5) is 19.0 Å². The van der Waals surface area contributed by atoms with Crippen molar-refractivity contribution < 1.29 is 13.2 Å². The smallest absolute Gasteiger partial charge is 0.347 e. The van der Waals surface area contributed by atoms with Gasteiger partial charge in [0, 0.05) is 24.8 Å². The molecule has 7 heteroatoms. The Kier molecular flexibility index (Phi) is 5.87. The molecule has 0 atom stereocenters. The summed E-state index contributed by atoms with van der Waals surface area (Å²) in [5.41, 5.74) is 0.776. The second-order valence-electron chi connectivity index (χ2n) is 5.88. The minimum absolute atomic E-state index is 0.0586. The third kappa shape index (κ3) is 6.52. The second-order valence-corrected chi connectivity index (χ2v) is 6.29. The summed E-state index contributed by atoms with van der Waals surface area (Å²) < 4.78 is 37.6. The third-order valence-corrected chi connectivity index (χ3v) is 3.03. The summed E-state index contributed by atoms with van der Waals surface area (Å²) in [6.07, 6.45) is -2.73. The van der Waals surface area contributed by atoms with Gasteiger partial charge in [-0.25, -0.2) is 4.98 Å². The Morgan fingerprint density at radius 3 is 2.33 bits per heavy atom. The van der Waals surface area contributed by atoms with Gasteiger partial charge in [-0.3, -0.25) is 0 Å². The van der Waals surface area contributed by atoms with Crippen LogP contribution in [0.1, 0.15) is 33.3 Å². The normalized spacial score (nSPS) is 12.6. The molecule has 1 aromatic rings. The molecule has 0 saturated carbocycles. The molecule has 1 N–H and O–H groups in total. The van der Waals surface area contributed by atoms with E-state index < -0.39 is 12.7 Å². The maximum absolute atomic E-state index is 12.5. The van der Waals surface area contributed by atoms with Crippen molar-refractivity contribution in [3.63, 3.8) is 0 Å². The number of rotatable bonds is 5. The topological polar surface area (TPSA) is 28.2 Å². The van der Waals surface area contributed by atoms with Gasteiger partial charge in [-0.1, -0.05) is 11.6 Å². The zero-order valence-electron chi connectivity index (χ0n) is 12.7. The van der Waals surface area contributed by atoms with Crippen LogP contribution < -0.4 is 10.2 Å². The highest BCUT2D eigenvalue weighted by atomic mass is 35.5. The fraction of sp³-hybridized carbons (Fsp3) is 0.643. The Morgan fingerprint density at radius 2 is 1.90 bits per heavy atom. The predicted molar refractivity (Wildman–Crippen MR) is 79.8 cm³/mol. The monoisotopic (exact) mass is 323 g/mol. The molecule has 0 bridgehead atoms. The van der Waals surface area contributed by atoms with Gasteiger partial charge in [0.15, 0.2) is 0 Å². The number of alkyl halides is 3. The Bertz CT molecular complexity index is 470. The van der Waals surface area contributed by atoms with Gasteiger partial charge in [-0.05, 0) is 39.3 Å². The Morgan fingerprint density at radius 1 is 1.29 bits per heavy atom. The molecule has 1 rings (SSSR count). The average Bonchev–Trinajstić information content (AvgIpc) is 2.32. The summed E-state index contributed by atoms with van der Waals surface area (Å²) in [6, 6.07) is 1.65. The van der Waals surface area contributed by atoms with E-state index in [2.05, 4.69) is 10.3 Å². The molecule has 0 aromatic carbocycles. The molecule has 0 saturated heterocycles. The lowest BCUT2D eigenvalue weighted by Gasteiger charge is -2.25. The predicted octanol–water partition coefficient (Wildman–Crippen LogP) is 4.01. The number of anilines is 1. The van der Waals surface area contributed by atoms with E-state index in [0.717, 1.165) is 10.5 Å². The summed E-state index contributed by atoms with van der Waals surface area (Å²) in [5.74, 6) is 0.163. The quantitative estimate of drug-likeness (QED) is 0.887. The van der Waals surface area contributed by atoms with Crippen molar-refractivity contribution in [3.8, 4) is 0 Å². The van der Waals surface area contributed by atoms with E-state index in [1.165, 1.54) is 0 Å². The van der Waals surface area contributed by atoms with Crippen LogP contribution in [0.3, 0.4) is 0 Å². The SMILES string of the molecule is CCN(CC(F)(F)F)c1ncc(CNC(C)(C)C)cc1Cl. The lowest BCUT2D eigenvalue weighted by molar-refractivity contribution is -0.119. The standard InChI is InChI=1S/C14H21ClF3N3/c1-5-21(9-14(16,17)18)12-11(15)6-10(7-19-12)8-20-13(2,3)4/h6-7,20H,5,8-9H2,1-4H3. The minimum Gasteiger partial charge on any atom is -0.347 e. The maximum Gasteiger partial charge on any atom is 0.405 e. The highest BCUT2D eigenvalue weighted by Gasteiger charge is 2.31. The zero-order valence-corrected chi connectivity index (χ0v) is 13.4. The first-order valence-corrected chi connectivity index (χ1v) is 7.11. The molecule has 21 heavy (non-hydrogen) atoms. The van der Waals surface area contributed by atoms with Crippen molar-refractivity contribution >= 4 is 17.4 Å². The number of nitrogens with one attached hydrogen (secondary N) is 1. The van der Waals surface area contributed by atoms with Crippen LogP contribution >= 0.6 is 11.6 Å². The van der Waals surface area contributed by atoms with E-state index in [4.69, 9.17) is 11.6 Å². The highest BCUT2D eigenvalue weighted by Crippen LogP contribution is 2.27. The number of aromatic nitrogens is 1. The number of pyridine rings is 1. The van der Waals surface area contributed by atoms with Crippen LogP contribution in [0.15, 0.2) is 12.3 Å². The molecule has 1 heterocycles. The fourth-order valence-electron chi connectivity index (χ4n) is 1.72. The van der Waals surface area contributed by atoms with Crippen molar-refractivity contribution in [2.75, 3.05) is 18.0 Å². The van der Waals surface area contributed by atoms with E-state index in [-0.39, 0.29) is 22.9 Å². The molecule has 0 unspecified atom stereocenters. The van der Waals surface area contributed by atoms with E-state index in [1.54, 1.807) is 19.2 Å². The van der Waals surface area contributed by atoms with Gasteiger partial charge in [0.2, 0.25) is 0 Å². The molecule has 3 nitrogen and oxygen atoms in total. The number of hydrogen-bond acceptors (Lipinski definition) is 3. The summed E-state index contributed by atoms with van der Waals surface area (Å²) in [5, 5.41) is 3.50.